The van der Waals surface area contributed by atoms with Gasteiger partial charge in [0.05, 0.1) is 19.3 Å². The van der Waals surface area contributed by atoms with Crippen LogP contribution >= 0.6 is 0 Å². The normalized spacial score (nSPS) is 43.2. The highest BCUT2D eigenvalue weighted by Gasteiger charge is 2.47. The van der Waals surface area contributed by atoms with Gasteiger partial charge in [-0.25, -0.2) is 0 Å². The summed E-state index contributed by atoms with van der Waals surface area (Å²) in [5.74, 6) is 0.142. The largest absolute Gasteiger partial charge is 0.457 e. The smallest absolute Gasteiger partial charge is 0.303 e. The van der Waals surface area contributed by atoms with Gasteiger partial charge in [0.15, 0.2) is 6.10 Å². The summed E-state index contributed by atoms with van der Waals surface area (Å²) < 4.78 is 16.1. The summed E-state index contributed by atoms with van der Waals surface area (Å²) in [6.07, 6.45) is -0.129. The number of carbonyl (C=O) groups is 1. The second-order valence-electron chi connectivity index (χ2n) is 3.72. The minimum Gasteiger partial charge on any atom is -0.457 e. The van der Waals surface area contributed by atoms with Crippen LogP contribution in [0.4, 0.5) is 0 Å². The van der Waals surface area contributed by atoms with Crippen LogP contribution in [0.15, 0.2) is 0 Å². The van der Waals surface area contributed by atoms with Crippen LogP contribution in [-0.4, -0.2) is 37.5 Å². The summed E-state index contributed by atoms with van der Waals surface area (Å²) in [6.45, 7) is 4.67. The number of hydrogen-bond donors (Lipinski definition) is 0. The standard InChI is InChI=1S/C9H14O4/c1-5-3-11-9-7(13-6(2)10)4-12-8(5)9/h5,7-9H,3-4H2,1-2H3/t5-,7+,8?,9?/m1/s1. The molecule has 0 spiro atoms. The lowest BCUT2D eigenvalue weighted by Crippen LogP contribution is -2.32. The molecule has 2 heterocycles. The van der Waals surface area contributed by atoms with Crippen LogP contribution in [0.25, 0.3) is 0 Å². The number of hydrogen-bond acceptors (Lipinski definition) is 4. The predicted molar refractivity (Wildman–Crippen MR) is 44.2 cm³/mol. The van der Waals surface area contributed by atoms with Crippen molar-refractivity contribution in [3.63, 3.8) is 0 Å². The first-order valence-corrected chi connectivity index (χ1v) is 4.59. The third kappa shape index (κ3) is 1.56. The molecule has 13 heavy (non-hydrogen) atoms. The van der Waals surface area contributed by atoms with E-state index in [4.69, 9.17) is 14.2 Å². The van der Waals surface area contributed by atoms with Gasteiger partial charge in [-0.3, -0.25) is 4.79 Å². The Bertz CT molecular complexity index is 216. The van der Waals surface area contributed by atoms with Crippen molar-refractivity contribution >= 4 is 5.97 Å². The summed E-state index contributed by atoms with van der Waals surface area (Å²) >= 11 is 0. The molecule has 4 atom stereocenters. The quantitative estimate of drug-likeness (QED) is 0.554. The molecule has 74 valence electrons. The van der Waals surface area contributed by atoms with Crippen LogP contribution in [-0.2, 0) is 19.0 Å². The highest BCUT2D eigenvalue weighted by molar-refractivity contribution is 5.66. The summed E-state index contributed by atoms with van der Waals surface area (Å²) in [5, 5.41) is 0. The van der Waals surface area contributed by atoms with E-state index in [1.54, 1.807) is 0 Å². The van der Waals surface area contributed by atoms with Crippen molar-refractivity contribution in [1.29, 1.82) is 0 Å². The van der Waals surface area contributed by atoms with Gasteiger partial charge >= 0.3 is 5.97 Å². The van der Waals surface area contributed by atoms with Gasteiger partial charge in [0.25, 0.3) is 0 Å². The van der Waals surface area contributed by atoms with Crippen molar-refractivity contribution in [3.8, 4) is 0 Å². The minimum absolute atomic E-state index is 0.0427. The van der Waals surface area contributed by atoms with E-state index in [0.29, 0.717) is 19.1 Å². The van der Waals surface area contributed by atoms with Crippen molar-refractivity contribution in [2.45, 2.75) is 32.2 Å². The lowest BCUT2D eigenvalue weighted by Gasteiger charge is -2.15. The second-order valence-corrected chi connectivity index (χ2v) is 3.72. The van der Waals surface area contributed by atoms with Crippen molar-refractivity contribution in [2.75, 3.05) is 13.2 Å². The minimum atomic E-state index is -0.266. The van der Waals surface area contributed by atoms with E-state index < -0.39 is 0 Å². The highest BCUT2D eigenvalue weighted by atomic mass is 16.6. The summed E-state index contributed by atoms with van der Waals surface area (Å²) in [7, 11) is 0. The molecule has 4 nitrogen and oxygen atoms in total. The average Bonchev–Trinajstić information content (AvgIpc) is 2.56. The van der Waals surface area contributed by atoms with Gasteiger partial charge in [-0.2, -0.15) is 0 Å². The molecule has 0 aliphatic carbocycles. The molecule has 0 aromatic heterocycles. The molecule has 0 N–H and O–H groups in total. The SMILES string of the molecule is CC(=O)O[C@H]1COC2C1OC[C@H]2C. The lowest BCUT2D eigenvalue weighted by atomic mass is 10.0. The Balaban J connectivity index is 1.98. The average molecular weight is 186 g/mol. The third-order valence-electron chi connectivity index (χ3n) is 2.57. The summed E-state index contributed by atoms with van der Waals surface area (Å²) in [4.78, 5) is 10.7. The Morgan fingerprint density at radius 2 is 2.00 bits per heavy atom. The topological polar surface area (TPSA) is 44.8 Å². The third-order valence-corrected chi connectivity index (χ3v) is 2.57. The van der Waals surface area contributed by atoms with E-state index in [9.17, 15) is 4.79 Å². The fourth-order valence-electron chi connectivity index (χ4n) is 1.97. The van der Waals surface area contributed by atoms with Crippen LogP contribution in [0.2, 0.25) is 0 Å². The molecule has 0 saturated carbocycles. The van der Waals surface area contributed by atoms with Gasteiger partial charge in [0, 0.05) is 12.8 Å². The Morgan fingerprint density at radius 3 is 2.69 bits per heavy atom. The maximum atomic E-state index is 10.7. The van der Waals surface area contributed by atoms with Gasteiger partial charge in [0.1, 0.15) is 6.10 Å². The van der Waals surface area contributed by atoms with Gasteiger partial charge < -0.3 is 14.2 Å². The first-order valence-electron chi connectivity index (χ1n) is 4.59. The molecule has 0 bridgehead atoms. The molecule has 2 aliphatic heterocycles. The molecule has 0 aromatic carbocycles. The van der Waals surface area contributed by atoms with Gasteiger partial charge in [-0.05, 0) is 0 Å². The van der Waals surface area contributed by atoms with Crippen LogP contribution in [0, 0.1) is 5.92 Å². The molecule has 2 fully saturated rings. The molecule has 2 rings (SSSR count). The second kappa shape index (κ2) is 3.27. The molecular weight excluding hydrogens is 172 g/mol. The molecule has 0 aromatic rings. The Labute approximate surface area is 77.1 Å². The van der Waals surface area contributed by atoms with Crippen LogP contribution in [0.1, 0.15) is 13.8 Å². The molecule has 2 aliphatic rings. The maximum Gasteiger partial charge on any atom is 0.303 e. The fraction of sp³-hybridized carbons (Fsp3) is 0.889. The molecule has 0 radical (unpaired) electrons. The van der Waals surface area contributed by atoms with Crippen LogP contribution in [0.3, 0.4) is 0 Å². The van der Waals surface area contributed by atoms with E-state index in [2.05, 4.69) is 6.92 Å². The summed E-state index contributed by atoms with van der Waals surface area (Å²) in [6, 6.07) is 0. The lowest BCUT2D eigenvalue weighted by molar-refractivity contribution is -0.150. The van der Waals surface area contributed by atoms with Crippen molar-refractivity contribution in [2.24, 2.45) is 5.92 Å². The van der Waals surface area contributed by atoms with E-state index in [1.165, 1.54) is 6.92 Å². The zero-order valence-electron chi connectivity index (χ0n) is 7.86. The first-order chi connectivity index (χ1) is 6.18. The van der Waals surface area contributed by atoms with Gasteiger partial charge in [-0.15, -0.1) is 0 Å². The molecule has 2 saturated heterocycles. The first kappa shape index (κ1) is 8.97. The molecule has 4 heteroatoms. The van der Waals surface area contributed by atoms with Crippen molar-refractivity contribution in [3.05, 3.63) is 0 Å². The van der Waals surface area contributed by atoms with Crippen molar-refractivity contribution < 1.29 is 19.0 Å². The molecule has 2 unspecified atom stereocenters. The van der Waals surface area contributed by atoms with E-state index in [-0.39, 0.29) is 24.3 Å². The highest BCUT2D eigenvalue weighted by Crippen LogP contribution is 2.32. The van der Waals surface area contributed by atoms with Crippen LogP contribution < -0.4 is 0 Å². The summed E-state index contributed by atoms with van der Waals surface area (Å²) in [5.41, 5.74) is 0. The number of fused-ring (bicyclic) bond motifs is 1. The Hall–Kier alpha value is -0.610. The van der Waals surface area contributed by atoms with Crippen molar-refractivity contribution in [1.82, 2.24) is 0 Å². The maximum absolute atomic E-state index is 10.7. The zero-order chi connectivity index (χ0) is 9.42. The van der Waals surface area contributed by atoms with Gasteiger partial charge in [-0.1, -0.05) is 6.92 Å². The predicted octanol–water partition coefficient (Wildman–Crippen LogP) is 0.352. The zero-order valence-corrected chi connectivity index (χ0v) is 7.86. The molecular formula is C9H14O4. The Kier molecular flexibility index (Phi) is 2.26. The van der Waals surface area contributed by atoms with Crippen LogP contribution in [0.5, 0.6) is 0 Å². The van der Waals surface area contributed by atoms with E-state index >= 15 is 0 Å². The number of carbonyl (C=O) groups excluding carboxylic acids is 1. The molecule has 0 amide bonds. The van der Waals surface area contributed by atoms with E-state index in [0.717, 1.165) is 0 Å². The number of esters is 1. The van der Waals surface area contributed by atoms with E-state index in [1.807, 2.05) is 0 Å². The fourth-order valence-corrected chi connectivity index (χ4v) is 1.97. The number of rotatable bonds is 1. The Morgan fingerprint density at radius 1 is 1.31 bits per heavy atom. The van der Waals surface area contributed by atoms with Gasteiger partial charge in [0.2, 0.25) is 0 Å². The number of ether oxygens (including phenoxy) is 3. The monoisotopic (exact) mass is 186 g/mol.